The van der Waals surface area contributed by atoms with Crippen LogP contribution in [0.4, 0.5) is 11.5 Å². The number of carbonyl (C=O) groups excluding carboxylic acids is 1. The highest BCUT2D eigenvalue weighted by molar-refractivity contribution is 6.05. The van der Waals surface area contributed by atoms with Crippen LogP contribution in [0.15, 0.2) is 30.5 Å². The third-order valence-corrected chi connectivity index (χ3v) is 2.84. The maximum absolute atomic E-state index is 12.0. The molecule has 0 aliphatic carbocycles. The number of nitrogens with two attached hydrogens (primary N) is 1. The van der Waals surface area contributed by atoms with Crippen molar-refractivity contribution in [3.8, 4) is 11.5 Å². The number of aryl methyl sites for hydroxylation is 1. The van der Waals surface area contributed by atoms with E-state index < -0.39 is 5.91 Å². The average Bonchev–Trinajstić information content (AvgIpc) is 2.42. The molecule has 6 nitrogen and oxygen atoms in total. The predicted octanol–water partition coefficient (Wildman–Crippen LogP) is 1.94. The summed E-state index contributed by atoms with van der Waals surface area (Å²) < 4.78 is 4.96. The molecule has 1 heterocycles. The first-order chi connectivity index (χ1) is 9.51. The number of phenolic OH excluding ortho intramolecular Hbond substituents is 1. The lowest BCUT2D eigenvalue weighted by molar-refractivity contribution is 0.102. The van der Waals surface area contributed by atoms with Gasteiger partial charge in [-0.15, -0.1) is 0 Å². The van der Waals surface area contributed by atoms with Crippen molar-refractivity contribution < 1.29 is 14.6 Å². The van der Waals surface area contributed by atoms with E-state index in [0.717, 1.165) is 5.56 Å². The Kier molecular flexibility index (Phi) is 3.74. The smallest absolute Gasteiger partial charge is 0.260 e. The Morgan fingerprint density at radius 1 is 1.40 bits per heavy atom. The minimum Gasteiger partial charge on any atom is -0.507 e. The second-order valence-electron chi connectivity index (χ2n) is 4.26. The van der Waals surface area contributed by atoms with Crippen LogP contribution in [-0.4, -0.2) is 23.1 Å². The standard InChI is InChI=1S/C14H15N3O3/c1-8-5-13(16-7-11(8)15)17-14(19)10-4-3-9(20-2)6-12(10)18/h3-7,18H,15H2,1-2H3,(H,16,17,19). The molecule has 0 aliphatic heterocycles. The Labute approximate surface area is 116 Å². The maximum atomic E-state index is 12.0. The van der Waals surface area contributed by atoms with Crippen molar-refractivity contribution in [1.82, 2.24) is 4.98 Å². The van der Waals surface area contributed by atoms with Crippen LogP contribution in [0.25, 0.3) is 0 Å². The molecule has 0 bridgehead atoms. The summed E-state index contributed by atoms with van der Waals surface area (Å²) in [6, 6.07) is 6.11. The molecule has 6 heteroatoms. The van der Waals surface area contributed by atoms with E-state index in [0.29, 0.717) is 17.3 Å². The Hall–Kier alpha value is -2.76. The average molecular weight is 273 g/mol. The molecule has 1 amide bonds. The number of aromatic hydroxyl groups is 1. The zero-order valence-corrected chi connectivity index (χ0v) is 11.2. The van der Waals surface area contributed by atoms with E-state index in [1.165, 1.54) is 25.4 Å². The SMILES string of the molecule is COc1ccc(C(=O)Nc2cc(C)c(N)cn2)c(O)c1. The first kappa shape index (κ1) is 13.7. The summed E-state index contributed by atoms with van der Waals surface area (Å²) >= 11 is 0. The Balaban J connectivity index is 2.21. The van der Waals surface area contributed by atoms with Crippen LogP contribution in [0.5, 0.6) is 11.5 Å². The first-order valence-electron chi connectivity index (χ1n) is 5.91. The molecule has 0 atom stereocenters. The summed E-state index contributed by atoms with van der Waals surface area (Å²) in [7, 11) is 1.48. The van der Waals surface area contributed by atoms with E-state index in [2.05, 4.69) is 10.3 Å². The summed E-state index contributed by atoms with van der Waals surface area (Å²) in [6.07, 6.45) is 1.47. The van der Waals surface area contributed by atoms with E-state index in [4.69, 9.17) is 10.5 Å². The first-order valence-corrected chi connectivity index (χ1v) is 5.91. The van der Waals surface area contributed by atoms with E-state index in [1.807, 2.05) is 6.92 Å². The minimum absolute atomic E-state index is 0.141. The lowest BCUT2D eigenvalue weighted by Crippen LogP contribution is -2.13. The number of hydrogen-bond acceptors (Lipinski definition) is 5. The summed E-state index contributed by atoms with van der Waals surface area (Å²) in [5.41, 5.74) is 7.16. The number of methoxy groups -OCH3 is 1. The second kappa shape index (κ2) is 5.48. The molecule has 0 radical (unpaired) electrons. The lowest BCUT2D eigenvalue weighted by atomic mass is 10.1. The Morgan fingerprint density at radius 2 is 2.15 bits per heavy atom. The normalized spacial score (nSPS) is 10.1. The van der Waals surface area contributed by atoms with Crippen LogP contribution in [0, 0.1) is 6.92 Å². The zero-order chi connectivity index (χ0) is 14.7. The molecule has 2 rings (SSSR count). The molecule has 0 fully saturated rings. The molecular weight excluding hydrogens is 258 g/mol. The molecule has 0 spiro atoms. The van der Waals surface area contributed by atoms with Gasteiger partial charge in [-0.3, -0.25) is 4.79 Å². The molecule has 0 saturated carbocycles. The summed E-state index contributed by atoms with van der Waals surface area (Å²) in [5.74, 6) is 0.230. The summed E-state index contributed by atoms with van der Waals surface area (Å²) in [5, 5.41) is 12.4. The van der Waals surface area contributed by atoms with Crippen LogP contribution >= 0.6 is 0 Å². The van der Waals surface area contributed by atoms with E-state index in [9.17, 15) is 9.90 Å². The van der Waals surface area contributed by atoms with Gasteiger partial charge in [0, 0.05) is 6.07 Å². The van der Waals surface area contributed by atoms with Crippen molar-refractivity contribution >= 4 is 17.4 Å². The number of benzene rings is 1. The van der Waals surface area contributed by atoms with Gasteiger partial charge >= 0.3 is 0 Å². The van der Waals surface area contributed by atoms with Gasteiger partial charge in [0.1, 0.15) is 17.3 Å². The number of nitrogens with zero attached hydrogens (tertiary/aromatic N) is 1. The Morgan fingerprint density at radius 3 is 2.75 bits per heavy atom. The molecular formula is C14H15N3O3. The summed E-state index contributed by atoms with van der Waals surface area (Å²) in [6.45, 7) is 1.82. The highest BCUT2D eigenvalue weighted by Gasteiger charge is 2.13. The molecule has 104 valence electrons. The molecule has 0 aliphatic rings. The third kappa shape index (κ3) is 2.80. The number of nitrogen functional groups attached to an aromatic ring is 1. The van der Waals surface area contributed by atoms with Crippen LogP contribution in [0.2, 0.25) is 0 Å². The minimum atomic E-state index is -0.457. The van der Waals surface area contributed by atoms with E-state index >= 15 is 0 Å². The van der Waals surface area contributed by atoms with Gasteiger partial charge in [-0.05, 0) is 30.7 Å². The number of pyridine rings is 1. The number of rotatable bonds is 3. The molecule has 0 unspecified atom stereocenters. The van der Waals surface area contributed by atoms with Crippen molar-refractivity contribution in [3.63, 3.8) is 0 Å². The van der Waals surface area contributed by atoms with Crippen molar-refractivity contribution in [3.05, 3.63) is 41.6 Å². The molecule has 0 saturated heterocycles. The van der Waals surface area contributed by atoms with Gasteiger partial charge in [0.15, 0.2) is 0 Å². The number of ether oxygens (including phenoxy) is 1. The number of nitrogens with one attached hydrogen (secondary N) is 1. The van der Waals surface area contributed by atoms with Gasteiger partial charge in [0.25, 0.3) is 5.91 Å². The molecule has 2 aromatic rings. The van der Waals surface area contributed by atoms with Gasteiger partial charge in [0.05, 0.1) is 24.6 Å². The molecule has 4 N–H and O–H groups in total. The van der Waals surface area contributed by atoms with E-state index in [-0.39, 0.29) is 11.3 Å². The zero-order valence-electron chi connectivity index (χ0n) is 11.2. The van der Waals surface area contributed by atoms with Crippen LogP contribution in [0.1, 0.15) is 15.9 Å². The highest BCUT2D eigenvalue weighted by atomic mass is 16.5. The van der Waals surface area contributed by atoms with Crippen LogP contribution in [0.3, 0.4) is 0 Å². The van der Waals surface area contributed by atoms with Gasteiger partial charge in [-0.1, -0.05) is 0 Å². The fraction of sp³-hybridized carbons (Fsp3) is 0.143. The van der Waals surface area contributed by atoms with Gasteiger partial charge in [-0.25, -0.2) is 4.98 Å². The predicted molar refractivity (Wildman–Crippen MR) is 76.0 cm³/mol. The Bertz CT molecular complexity index is 656. The number of amides is 1. The second-order valence-corrected chi connectivity index (χ2v) is 4.26. The highest BCUT2D eigenvalue weighted by Crippen LogP contribution is 2.24. The maximum Gasteiger partial charge on any atom is 0.260 e. The third-order valence-electron chi connectivity index (χ3n) is 2.84. The number of phenols is 1. The van der Waals surface area contributed by atoms with Crippen LogP contribution < -0.4 is 15.8 Å². The van der Waals surface area contributed by atoms with Gasteiger partial charge < -0.3 is 20.9 Å². The van der Waals surface area contributed by atoms with Crippen molar-refractivity contribution in [2.45, 2.75) is 6.92 Å². The van der Waals surface area contributed by atoms with Crippen molar-refractivity contribution in [2.24, 2.45) is 0 Å². The van der Waals surface area contributed by atoms with Crippen LogP contribution in [-0.2, 0) is 0 Å². The molecule has 20 heavy (non-hydrogen) atoms. The number of aromatic nitrogens is 1. The molecule has 1 aromatic carbocycles. The number of anilines is 2. The summed E-state index contributed by atoms with van der Waals surface area (Å²) in [4.78, 5) is 16.1. The molecule has 1 aromatic heterocycles. The van der Waals surface area contributed by atoms with Gasteiger partial charge in [0.2, 0.25) is 0 Å². The van der Waals surface area contributed by atoms with Crippen molar-refractivity contribution in [2.75, 3.05) is 18.2 Å². The van der Waals surface area contributed by atoms with Gasteiger partial charge in [-0.2, -0.15) is 0 Å². The lowest BCUT2D eigenvalue weighted by Gasteiger charge is -2.08. The number of hydrogen-bond donors (Lipinski definition) is 3. The fourth-order valence-corrected chi connectivity index (χ4v) is 1.65. The largest absolute Gasteiger partial charge is 0.507 e. The quantitative estimate of drug-likeness (QED) is 0.794. The number of carbonyl (C=O) groups is 1. The monoisotopic (exact) mass is 273 g/mol. The van der Waals surface area contributed by atoms with E-state index in [1.54, 1.807) is 12.1 Å². The van der Waals surface area contributed by atoms with Crippen molar-refractivity contribution in [1.29, 1.82) is 0 Å². The fourth-order valence-electron chi connectivity index (χ4n) is 1.65. The topological polar surface area (TPSA) is 97.5 Å².